The number of nitrogens with zero attached hydrogens (tertiary/aromatic N) is 1. The molecule has 0 aromatic heterocycles. The van der Waals surface area contributed by atoms with Crippen molar-refractivity contribution >= 4 is 5.69 Å². The summed E-state index contributed by atoms with van der Waals surface area (Å²) in [5.74, 6) is 0. The van der Waals surface area contributed by atoms with E-state index in [0.717, 1.165) is 26.2 Å². The molecule has 1 atom stereocenters. The van der Waals surface area contributed by atoms with Gasteiger partial charge in [0.2, 0.25) is 0 Å². The molecule has 0 amide bonds. The first-order valence-electron chi connectivity index (χ1n) is 6.41. The third-order valence-corrected chi connectivity index (χ3v) is 3.56. The van der Waals surface area contributed by atoms with Crippen molar-refractivity contribution < 1.29 is 0 Å². The average Bonchev–Trinajstić information content (AvgIpc) is 2.33. The molecule has 1 fully saturated rings. The molecule has 94 valence electrons. The van der Waals surface area contributed by atoms with E-state index in [1.54, 1.807) is 0 Å². The molecule has 1 aromatic rings. The van der Waals surface area contributed by atoms with E-state index in [-0.39, 0.29) is 0 Å². The number of hydrogen-bond donors (Lipinski definition) is 2. The summed E-state index contributed by atoms with van der Waals surface area (Å²) in [6.45, 7) is 8.64. The normalized spacial score (nSPS) is 20.6. The first-order chi connectivity index (χ1) is 8.20. The summed E-state index contributed by atoms with van der Waals surface area (Å²) in [6, 6.07) is 7.32. The molecule has 1 aliphatic rings. The zero-order chi connectivity index (χ0) is 12.3. The average molecular weight is 233 g/mol. The largest absolute Gasteiger partial charge is 0.369 e. The van der Waals surface area contributed by atoms with Gasteiger partial charge in [0.05, 0.1) is 0 Å². The second-order valence-corrected chi connectivity index (χ2v) is 4.92. The Morgan fingerprint density at radius 2 is 2.18 bits per heavy atom. The summed E-state index contributed by atoms with van der Waals surface area (Å²) in [7, 11) is 2.01. The fraction of sp³-hybridized carbons (Fsp3) is 0.571. The Morgan fingerprint density at radius 3 is 2.88 bits per heavy atom. The molecule has 3 heteroatoms. The van der Waals surface area contributed by atoms with Crippen molar-refractivity contribution in [3.8, 4) is 0 Å². The lowest BCUT2D eigenvalue weighted by atomic mass is 10.1. The van der Waals surface area contributed by atoms with Crippen molar-refractivity contribution in [2.75, 3.05) is 38.1 Å². The smallest absolute Gasteiger partial charge is 0.0370 e. The Kier molecular flexibility index (Phi) is 4.02. The summed E-state index contributed by atoms with van der Waals surface area (Å²) < 4.78 is 0. The zero-order valence-electron chi connectivity index (χ0n) is 11.1. The Bertz CT molecular complexity index is 374. The summed E-state index contributed by atoms with van der Waals surface area (Å²) in [6.07, 6.45) is 0. The van der Waals surface area contributed by atoms with E-state index in [0.29, 0.717) is 6.04 Å². The van der Waals surface area contributed by atoms with Crippen LogP contribution in [-0.2, 0) is 0 Å². The van der Waals surface area contributed by atoms with Crippen LogP contribution in [-0.4, -0.2) is 39.3 Å². The number of aryl methyl sites for hydroxylation is 2. The number of hydrogen-bond acceptors (Lipinski definition) is 3. The Balaban J connectivity index is 2.08. The first-order valence-corrected chi connectivity index (χ1v) is 6.41. The van der Waals surface area contributed by atoms with Gasteiger partial charge in [0.15, 0.2) is 0 Å². The van der Waals surface area contributed by atoms with Gasteiger partial charge in [-0.2, -0.15) is 0 Å². The quantitative estimate of drug-likeness (QED) is 0.824. The number of piperazine rings is 1. The molecule has 3 nitrogen and oxygen atoms in total. The van der Waals surface area contributed by atoms with Crippen LogP contribution in [0.2, 0.25) is 0 Å². The highest BCUT2D eigenvalue weighted by Crippen LogP contribution is 2.19. The van der Waals surface area contributed by atoms with Crippen LogP contribution in [0.1, 0.15) is 11.1 Å². The molecule has 17 heavy (non-hydrogen) atoms. The summed E-state index contributed by atoms with van der Waals surface area (Å²) in [4.78, 5) is 2.48. The van der Waals surface area contributed by atoms with E-state index >= 15 is 0 Å². The molecule has 1 saturated heterocycles. The van der Waals surface area contributed by atoms with Crippen LogP contribution < -0.4 is 15.5 Å². The highest BCUT2D eigenvalue weighted by molar-refractivity contribution is 5.51. The number of likely N-dealkylation sites (N-methyl/N-ethyl adjacent to an activating group) is 1. The first kappa shape index (κ1) is 12.4. The molecule has 0 aliphatic carbocycles. The van der Waals surface area contributed by atoms with E-state index in [1.165, 1.54) is 16.8 Å². The van der Waals surface area contributed by atoms with E-state index in [9.17, 15) is 0 Å². The molecular weight excluding hydrogens is 210 g/mol. The summed E-state index contributed by atoms with van der Waals surface area (Å²) in [5.41, 5.74) is 4.11. The summed E-state index contributed by atoms with van der Waals surface area (Å²) in [5, 5.41) is 6.78. The van der Waals surface area contributed by atoms with Gasteiger partial charge >= 0.3 is 0 Å². The van der Waals surface area contributed by atoms with Crippen LogP contribution in [0.5, 0.6) is 0 Å². The van der Waals surface area contributed by atoms with Crippen molar-refractivity contribution in [3.63, 3.8) is 0 Å². The maximum absolute atomic E-state index is 3.54. The molecule has 0 bridgehead atoms. The number of nitrogens with one attached hydrogen (secondary N) is 2. The lowest BCUT2D eigenvalue weighted by Crippen LogP contribution is -2.54. The highest BCUT2D eigenvalue weighted by Gasteiger charge is 2.18. The van der Waals surface area contributed by atoms with Crippen molar-refractivity contribution in [1.29, 1.82) is 0 Å². The van der Waals surface area contributed by atoms with E-state index < -0.39 is 0 Å². The SMILES string of the molecule is CNCC1CN(c2ccc(C)c(C)c2)CCN1. The molecule has 1 heterocycles. The number of anilines is 1. The van der Waals surface area contributed by atoms with Crippen LogP contribution in [0.3, 0.4) is 0 Å². The van der Waals surface area contributed by atoms with Crippen molar-refractivity contribution in [2.45, 2.75) is 19.9 Å². The fourth-order valence-corrected chi connectivity index (χ4v) is 2.37. The topological polar surface area (TPSA) is 27.3 Å². The number of benzene rings is 1. The monoisotopic (exact) mass is 233 g/mol. The van der Waals surface area contributed by atoms with E-state index in [1.807, 2.05) is 7.05 Å². The van der Waals surface area contributed by atoms with Crippen molar-refractivity contribution in [2.24, 2.45) is 0 Å². The van der Waals surface area contributed by atoms with E-state index in [2.05, 4.69) is 47.6 Å². The molecule has 2 N–H and O–H groups in total. The van der Waals surface area contributed by atoms with Crippen LogP contribution in [0.4, 0.5) is 5.69 Å². The minimum atomic E-state index is 0.551. The zero-order valence-corrected chi connectivity index (χ0v) is 11.1. The van der Waals surface area contributed by atoms with Crippen LogP contribution >= 0.6 is 0 Å². The standard InChI is InChI=1S/C14H23N3/c1-11-4-5-14(8-12(11)2)17-7-6-16-13(10-17)9-15-3/h4-5,8,13,15-16H,6-7,9-10H2,1-3H3. The molecular formula is C14H23N3. The van der Waals surface area contributed by atoms with Gasteiger partial charge < -0.3 is 15.5 Å². The molecule has 1 aliphatic heterocycles. The van der Waals surface area contributed by atoms with Crippen LogP contribution in [0.25, 0.3) is 0 Å². The van der Waals surface area contributed by atoms with Gasteiger partial charge in [-0.1, -0.05) is 6.07 Å². The van der Waals surface area contributed by atoms with Crippen LogP contribution in [0, 0.1) is 13.8 Å². The minimum Gasteiger partial charge on any atom is -0.369 e. The molecule has 1 unspecified atom stereocenters. The molecule has 0 radical (unpaired) electrons. The van der Waals surface area contributed by atoms with Crippen molar-refractivity contribution in [3.05, 3.63) is 29.3 Å². The highest BCUT2D eigenvalue weighted by atomic mass is 15.2. The Labute approximate surface area is 104 Å². The third kappa shape index (κ3) is 2.99. The Morgan fingerprint density at radius 1 is 1.35 bits per heavy atom. The van der Waals surface area contributed by atoms with Crippen LogP contribution in [0.15, 0.2) is 18.2 Å². The second kappa shape index (κ2) is 5.52. The predicted octanol–water partition coefficient (Wildman–Crippen LogP) is 1.30. The Hall–Kier alpha value is -1.06. The van der Waals surface area contributed by atoms with Gasteiger partial charge in [-0.3, -0.25) is 0 Å². The predicted molar refractivity (Wildman–Crippen MR) is 73.8 cm³/mol. The van der Waals surface area contributed by atoms with Gasteiger partial charge in [-0.05, 0) is 44.2 Å². The maximum Gasteiger partial charge on any atom is 0.0370 e. The van der Waals surface area contributed by atoms with Gasteiger partial charge in [0.1, 0.15) is 0 Å². The third-order valence-electron chi connectivity index (χ3n) is 3.56. The maximum atomic E-state index is 3.54. The fourth-order valence-electron chi connectivity index (χ4n) is 2.37. The number of rotatable bonds is 3. The second-order valence-electron chi connectivity index (χ2n) is 4.92. The van der Waals surface area contributed by atoms with Gasteiger partial charge in [-0.25, -0.2) is 0 Å². The van der Waals surface area contributed by atoms with Crippen molar-refractivity contribution in [1.82, 2.24) is 10.6 Å². The molecule has 0 saturated carbocycles. The summed E-state index contributed by atoms with van der Waals surface area (Å²) >= 11 is 0. The van der Waals surface area contributed by atoms with Gasteiger partial charge in [-0.15, -0.1) is 0 Å². The lowest BCUT2D eigenvalue weighted by Gasteiger charge is -2.35. The lowest BCUT2D eigenvalue weighted by molar-refractivity contribution is 0.443. The van der Waals surface area contributed by atoms with E-state index in [4.69, 9.17) is 0 Å². The van der Waals surface area contributed by atoms with Gasteiger partial charge in [0.25, 0.3) is 0 Å². The van der Waals surface area contributed by atoms with Gasteiger partial charge in [0, 0.05) is 37.9 Å². The minimum absolute atomic E-state index is 0.551. The molecule has 0 spiro atoms. The molecule has 2 rings (SSSR count). The molecule has 1 aromatic carbocycles.